The summed E-state index contributed by atoms with van der Waals surface area (Å²) in [6, 6.07) is 6.23. The van der Waals surface area contributed by atoms with E-state index in [1.807, 2.05) is 20.8 Å². The maximum atomic E-state index is 12.0. The van der Waals surface area contributed by atoms with Crippen LogP contribution in [0.5, 0.6) is 0 Å². The number of hydrogen-bond acceptors (Lipinski definition) is 2. The van der Waals surface area contributed by atoms with E-state index in [0.29, 0.717) is 6.54 Å². The zero-order valence-corrected chi connectivity index (χ0v) is 10.1. The minimum absolute atomic E-state index is 0.0625. The highest BCUT2D eigenvalue weighted by atomic mass is 16.2. The van der Waals surface area contributed by atoms with Crippen molar-refractivity contribution in [1.82, 2.24) is 10.6 Å². The van der Waals surface area contributed by atoms with Gasteiger partial charge in [-0.15, -0.1) is 0 Å². The average Bonchev–Trinajstić information content (AvgIpc) is 2.26. The summed E-state index contributed by atoms with van der Waals surface area (Å²) >= 11 is 0. The second-order valence-corrected chi connectivity index (χ2v) is 4.63. The Morgan fingerprint density at radius 3 is 2.69 bits per heavy atom. The van der Waals surface area contributed by atoms with Gasteiger partial charge in [0, 0.05) is 13.1 Å². The topological polar surface area (TPSA) is 41.1 Å². The van der Waals surface area contributed by atoms with Crippen LogP contribution < -0.4 is 10.6 Å². The fourth-order valence-electron chi connectivity index (χ4n) is 2.24. The smallest absolute Gasteiger partial charge is 0.244 e. The Kier molecular flexibility index (Phi) is 2.72. The van der Waals surface area contributed by atoms with Crippen molar-refractivity contribution in [1.29, 1.82) is 0 Å². The summed E-state index contributed by atoms with van der Waals surface area (Å²) in [7, 11) is 0. The fourth-order valence-corrected chi connectivity index (χ4v) is 2.24. The summed E-state index contributed by atoms with van der Waals surface area (Å²) in [5.41, 5.74) is 2.82. The summed E-state index contributed by atoms with van der Waals surface area (Å²) in [6.45, 7) is 7.56. The molecule has 3 nitrogen and oxygen atoms in total. The zero-order chi connectivity index (χ0) is 11.8. The number of amides is 1. The third-order valence-electron chi connectivity index (χ3n) is 3.27. The van der Waals surface area contributed by atoms with Crippen molar-refractivity contribution >= 4 is 5.91 Å². The van der Waals surface area contributed by atoms with Crippen molar-refractivity contribution in [2.45, 2.75) is 26.3 Å². The summed E-state index contributed by atoms with van der Waals surface area (Å²) in [4.78, 5) is 12.0. The lowest BCUT2D eigenvalue weighted by molar-refractivity contribution is -0.129. The lowest BCUT2D eigenvalue weighted by atomic mass is 9.85. The molecule has 1 aromatic carbocycles. The molecule has 1 amide bonds. The monoisotopic (exact) mass is 218 g/mol. The van der Waals surface area contributed by atoms with Crippen molar-refractivity contribution < 1.29 is 4.79 Å². The highest BCUT2D eigenvalue weighted by Crippen LogP contribution is 2.26. The molecule has 1 aliphatic rings. The van der Waals surface area contributed by atoms with Gasteiger partial charge in [0.05, 0.1) is 0 Å². The maximum Gasteiger partial charge on any atom is 0.244 e. The van der Waals surface area contributed by atoms with Gasteiger partial charge in [-0.05, 0) is 31.9 Å². The molecule has 86 valence electrons. The van der Waals surface area contributed by atoms with Crippen molar-refractivity contribution in [2.75, 3.05) is 13.1 Å². The summed E-state index contributed by atoms with van der Waals surface area (Å²) in [6.07, 6.45) is 0. The second kappa shape index (κ2) is 3.91. The number of carbonyl (C=O) groups is 1. The number of piperazine rings is 1. The number of rotatable bonds is 1. The van der Waals surface area contributed by atoms with Crippen LogP contribution in [0.4, 0.5) is 0 Å². The van der Waals surface area contributed by atoms with Crippen LogP contribution in [0.1, 0.15) is 23.6 Å². The van der Waals surface area contributed by atoms with E-state index in [0.717, 1.165) is 17.7 Å². The molecule has 1 aromatic rings. The summed E-state index contributed by atoms with van der Waals surface area (Å²) in [5, 5.41) is 6.23. The molecule has 2 rings (SSSR count). The molecule has 0 spiro atoms. The number of benzene rings is 1. The first-order valence-electron chi connectivity index (χ1n) is 5.65. The van der Waals surface area contributed by atoms with Gasteiger partial charge in [-0.2, -0.15) is 0 Å². The number of aryl methyl sites for hydroxylation is 2. The van der Waals surface area contributed by atoms with Gasteiger partial charge in [0.1, 0.15) is 5.54 Å². The molecule has 0 aliphatic carbocycles. The third-order valence-corrected chi connectivity index (χ3v) is 3.27. The molecule has 1 saturated heterocycles. The van der Waals surface area contributed by atoms with Gasteiger partial charge in [0.15, 0.2) is 0 Å². The Morgan fingerprint density at radius 2 is 2.00 bits per heavy atom. The Morgan fingerprint density at radius 1 is 1.25 bits per heavy atom. The Hall–Kier alpha value is -1.35. The normalized spacial score (nSPS) is 25.3. The quantitative estimate of drug-likeness (QED) is 0.744. The number of hydrogen-bond donors (Lipinski definition) is 2. The van der Waals surface area contributed by atoms with Crippen LogP contribution >= 0.6 is 0 Å². The van der Waals surface area contributed by atoms with Crippen LogP contribution in [0.25, 0.3) is 0 Å². The van der Waals surface area contributed by atoms with Gasteiger partial charge >= 0.3 is 0 Å². The minimum Gasteiger partial charge on any atom is -0.353 e. The molecule has 16 heavy (non-hydrogen) atoms. The van der Waals surface area contributed by atoms with E-state index < -0.39 is 5.54 Å². The van der Waals surface area contributed by atoms with E-state index in [2.05, 4.69) is 28.8 Å². The van der Waals surface area contributed by atoms with Crippen LogP contribution in [0.15, 0.2) is 18.2 Å². The van der Waals surface area contributed by atoms with Crippen LogP contribution in [0, 0.1) is 13.8 Å². The Balaban J connectivity index is 2.48. The van der Waals surface area contributed by atoms with E-state index in [1.165, 1.54) is 5.56 Å². The minimum atomic E-state index is -0.589. The van der Waals surface area contributed by atoms with Crippen LogP contribution in [-0.4, -0.2) is 19.0 Å². The molecule has 0 saturated carbocycles. The maximum absolute atomic E-state index is 12.0. The van der Waals surface area contributed by atoms with Crippen molar-refractivity contribution in [2.24, 2.45) is 0 Å². The second-order valence-electron chi connectivity index (χ2n) is 4.63. The lowest BCUT2D eigenvalue weighted by Crippen LogP contribution is -2.59. The lowest BCUT2D eigenvalue weighted by Gasteiger charge is -2.35. The predicted molar refractivity (Wildman–Crippen MR) is 64.3 cm³/mol. The van der Waals surface area contributed by atoms with Crippen LogP contribution in [-0.2, 0) is 10.3 Å². The molecule has 0 radical (unpaired) electrons. The zero-order valence-electron chi connectivity index (χ0n) is 10.1. The van der Waals surface area contributed by atoms with Crippen molar-refractivity contribution in [3.63, 3.8) is 0 Å². The van der Waals surface area contributed by atoms with Gasteiger partial charge in [-0.3, -0.25) is 10.1 Å². The first kappa shape index (κ1) is 11.1. The molecular formula is C13H18N2O. The van der Waals surface area contributed by atoms with Crippen molar-refractivity contribution in [3.05, 3.63) is 34.9 Å². The van der Waals surface area contributed by atoms with Gasteiger partial charge < -0.3 is 5.32 Å². The van der Waals surface area contributed by atoms with Gasteiger partial charge in [0.25, 0.3) is 0 Å². The highest BCUT2D eigenvalue weighted by Gasteiger charge is 2.37. The number of nitrogens with one attached hydrogen (secondary N) is 2. The molecule has 0 aromatic heterocycles. The fraction of sp³-hybridized carbons (Fsp3) is 0.462. The molecule has 3 heteroatoms. The Labute approximate surface area is 96.2 Å². The van der Waals surface area contributed by atoms with Gasteiger partial charge in [-0.25, -0.2) is 0 Å². The molecule has 1 aliphatic heterocycles. The largest absolute Gasteiger partial charge is 0.353 e. The standard InChI is InChI=1S/C13H18N2O/c1-9-4-5-10(2)11(8-9)13(3)12(16)14-6-7-15-13/h4-5,8,15H,6-7H2,1-3H3,(H,14,16). The molecule has 1 atom stereocenters. The Bertz CT molecular complexity index is 428. The SMILES string of the molecule is Cc1ccc(C)c(C2(C)NCCNC2=O)c1. The summed E-state index contributed by atoms with van der Waals surface area (Å²) in [5.74, 6) is 0.0625. The van der Waals surface area contributed by atoms with E-state index in [9.17, 15) is 4.79 Å². The molecule has 1 unspecified atom stereocenters. The first-order chi connectivity index (χ1) is 7.54. The van der Waals surface area contributed by atoms with E-state index in [4.69, 9.17) is 0 Å². The van der Waals surface area contributed by atoms with E-state index in [1.54, 1.807) is 0 Å². The first-order valence-corrected chi connectivity index (χ1v) is 5.65. The van der Waals surface area contributed by atoms with Gasteiger partial charge in [0.2, 0.25) is 5.91 Å². The molecule has 2 N–H and O–H groups in total. The van der Waals surface area contributed by atoms with E-state index in [-0.39, 0.29) is 5.91 Å². The van der Waals surface area contributed by atoms with Crippen LogP contribution in [0.2, 0.25) is 0 Å². The van der Waals surface area contributed by atoms with E-state index >= 15 is 0 Å². The average molecular weight is 218 g/mol. The highest BCUT2D eigenvalue weighted by molar-refractivity contribution is 5.88. The van der Waals surface area contributed by atoms with Gasteiger partial charge in [-0.1, -0.05) is 23.8 Å². The predicted octanol–water partition coefficient (Wildman–Crippen LogP) is 1.24. The molecule has 1 fully saturated rings. The summed E-state index contributed by atoms with van der Waals surface area (Å²) < 4.78 is 0. The third kappa shape index (κ3) is 1.71. The number of carbonyl (C=O) groups excluding carboxylic acids is 1. The molecule has 0 bridgehead atoms. The van der Waals surface area contributed by atoms with Crippen LogP contribution in [0.3, 0.4) is 0 Å². The molecule has 1 heterocycles. The molecular weight excluding hydrogens is 200 g/mol. The van der Waals surface area contributed by atoms with Crippen molar-refractivity contribution in [3.8, 4) is 0 Å².